The van der Waals surface area contributed by atoms with E-state index in [1.807, 2.05) is 6.92 Å². The summed E-state index contributed by atoms with van der Waals surface area (Å²) in [4.78, 5) is 16.2. The second-order valence-electron chi connectivity index (χ2n) is 4.30. The van der Waals surface area contributed by atoms with Crippen LogP contribution in [-0.4, -0.2) is 44.4 Å². The number of carbonyl (C=O) groups is 1. The number of hydrogen-bond donors (Lipinski definition) is 1. The van der Waals surface area contributed by atoms with Gasteiger partial charge in [0.05, 0.1) is 19.6 Å². The molecule has 7 nitrogen and oxygen atoms in total. The summed E-state index contributed by atoms with van der Waals surface area (Å²) in [6.07, 6.45) is 1.71. The molecule has 0 aromatic carbocycles. The number of nitrogens with one attached hydrogen (secondary N) is 1. The van der Waals surface area contributed by atoms with Crippen molar-refractivity contribution in [1.82, 2.24) is 14.0 Å². The van der Waals surface area contributed by atoms with Crippen LogP contribution in [0.25, 0.3) is 0 Å². The van der Waals surface area contributed by atoms with Crippen molar-refractivity contribution in [2.24, 2.45) is 0 Å². The van der Waals surface area contributed by atoms with Crippen LogP contribution in [0.5, 0.6) is 0 Å². The van der Waals surface area contributed by atoms with Crippen LogP contribution in [0.3, 0.4) is 0 Å². The molecule has 9 heteroatoms. The zero-order chi connectivity index (χ0) is 15.3. The van der Waals surface area contributed by atoms with Crippen molar-refractivity contribution in [1.29, 1.82) is 0 Å². The maximum absolute atomic E-state index is 12.1. The number of aryl methyl sites for hydroxylation is 1. The Hall–Kier alpha value is -1.03. The summed E-state index contributed by atoms with van der Waals surface area (Å²) in [7, 11) is -0.986. The standard InChI is InChI=1S/C11H19N3O4S2/c1-8-7-12-11(19-8)9(2)13-20(16,17)14(3)6-5-10(15)18-4/h7,9,13H,5-6H2,1-4H3. The molecule has 1 heterocycles. The van der Waals surface area contributed by atoms with Crippen molar-refractivity contribution in [2.75, 3.05) is 20.7 Å². The molecule has 1 unspecified atom stereocenters. The molecular weight excluding hydrogens is 302 g/mol. The maximum Gasteiger partial charge on any atom is 0.306 e. The van der Waals surface area contributed by atoms with E-state index in [0.717, 1.165) is 9.18 Å². The number of methoxy groups -OCH3 is 1. The molecule has 1 N–H and O–H groups in total. The number of aromatic nitrogens is 1. The molecule has 0 radical (unpaired) electrons. The van der Waals surface area contributed by atoms with Gasteiger partial charge in [-0.05, 0) is 13.8 Å². The normalized spacial score (nSPS) is 13.4. The van der Waals surface area contributed by atoms with Crippen molar-refractivity contribution >= 4 is 27.5 Å². The maximum atomic E-state index is 12.1. The second-order valence-corrected chi connectivity index (χ2v) is 7.38. The molecule has 0 saturated heterocycles. The molecule has 0 amide bonds. The Morgan fingerprint density at radius 1 is 1.60 bits per heavy atom. The van der Waals surface area contributed by atoms with Crippen LogP contribution in [0, 0.1) is 6.92 Å². The van der Waals surface area contributed by atoms with Gasteiger partial charge in [0, 0.05) is 24.7 Å². The lowest BCUT2D eigenvalue weighted by Crippen LogP contribution is -2.40. The highest BCUT2D eigenvalue weighted by Gasteiger charge is 2.22. The van der Waals surface area contributed by atoms with Gasteiger partial charge in [0.2, 0.25) is 0 Å². The molecule has 1 aromatic heterocycles. The van der Waals surface area contributed by atoms with Crippen LogP contribution in [0.1, 0.15) is 29.3 Å². The van der Waals surface area contributed by atoms with E-state index in [2.05, 4.69) is 14.4 Å². The van der Waals surface area contributed by atoms with Gasteiger partial charge in [-0.25, -0.2) is 4.98 Å². The zero-order valence-corrected chi connectivity index (χ0v) is 13.5. The molecule has 1 rings (SSSR count). The highest BCUT2D eigenvalue weighted by atomic mass is 32.2. The summed E-state index contributed by atoms with van der Waals surface area (Å²) in [6.45, 7) is 3.69. The summed E-state index contributed by atoms with van der Waals surface area (Å²) in [5, 5.41) is 0.701. The summed E-state index contributed by atoms with van der Waals surface area (Å²) in [6, 6.07) is -0.417. The second kappa shape index (κ2) is 7.11. The van der Waals surface area contributed by atoms with E-state index in [4.69, 9.17) is 0 Å². The highest BCUT2D eigenvalue weighted by Crippen LogP contribution is 2.20. The quantitative estimate of drug-likeness (QED) is 0.752. The molecule has 0 bridgehead atoms. The predicted molar refractivity (Wildman–Crippen MR) is 76.6 cm³/mol. The fourth-order valence-electron chi connectivity index (χ4n) is 1.41. The number of rotatable bonds is 7. The number of carbonyl (C=O) groups excluding carboxylic acids is 1. The van der Waals surface area contributed by atoms with Gasteiger partial charge in [0.15, 0.2) is 0 Å². The molecule has 0 fully saturated rings. The van der Waals surface area contributed by atoms with Crippen LogP contribution >= 0.6 is 11.3 Å². The van der Waals surface area contributed by atoms with Gasteiger partial charge < -0.3 is 4.74 Å². The van der Waals surface area contributed by atoms with Crippen LogP contribution in [0.4, 0.5) is 0 Å². The van der Waals surface area contributed by atoms with Crippen molar-refractivity contribution in [3.05, 3.63) is 16.1 Å². The number of ether oxygens (including phenoxy) is 1. The first kappa shape index (κ1) is 17.0. The van der Waals surface area contributed by atoms with Gasteiger partial charge in [-0.1, -0.05) is 0 Å². The Bertz CT molecular complexity index is 556. The Balaban J connectivity index is 2.62. The Labute approximate surface area is 123 Å². The number of esters is 1. The van der Waals surface area contributed by atoms with Gasteiger partial charge >= 0.3 is 5.97 Å². The lowest BCUT2D eigenvalue weighted by molar-refractivity contribution is -0.140. The summed E-state index contributed by atoms with van der Waals surface area (Å²) in [5.41, 5.74) is 0. The van der Waals surface area contributed by atoms with Crippen LogP contribution in [-0.2, 0) is 19.7 Å². The van der Waals surface area contributed by atoms with Crippen molar-refractivity contribution in [3.63, 3.8) is 0 Å². The van der Waals surface area contributed by atoms with Gasteiger partial charge in [0.25, 0.3) is 10.2 Å². The number of thiazole rings is 1. The molecule has 20 heavy (non-hydrogen) atoms. The van der Waals surface area contributed by atoms with E-state index in [1.165, 1.54) is 25.5 Å². The third kappa shape index (κ3) is 4.82. The number of hydrogen-bond acceptors (Lipinski definition) is 6. The largest absolute Gasteiger partial charge is 0.469 e. The fourth-order valence-corrected chi connectivity index (χ4v) is 3.33. The minimum Gasteiger partial charge on any atom is -0.469 e. The fraction of sp³-hybridized carbons (Fsp3) is 0.636. The topological polar surface area (TPSA) is 88.6 Å². The molecule has 1 aromatic rings. The van der Waals surface area contributed by atoms with Crippen LogP contribution in [0.15, 0.2) is 6.20 Å². The lowest BCUT2D eigenvalue weighted by atomic mass is 10.4. The van der Waals surface area contributed by atoms with Crippen LogP contribution < -0.4 is 4.72 Å². The number of nitrogens with zero attached hydrogens (tertiary/aromatic N) is 2. The Morgan fingerprint density at radius 3 is 2.75 bits per heavy atom. The van der Waals surface area contributed by atoms with Gasteiger partial charge in [-0.3, -0.25) is 4.79 Å². The SMILES string of the molecule is COC(=O)CCN(C)S(=O)(=O)NC(C)c1ncc(C)s1. The Morgan fingerprint density at radius 2 is 2.25 bits per heavy atom. The van der Waals surface area contributed by atoms with Crippen molar-refractivity contribution in [3.8, 4) is 0 Å². The van der Waals surface area contributed by atoms with Gasteiger partial charge in [-0.2, -0.15) is 17.4 Å². The van der Waals surface area contributed by atoms with E-state index in [9.17, 15) is 13.2 Å². The van der Waals surface area contributed by atoms with Crippen molar-refractivity contribution in [2.45, 2.75) is 26.3 Å². The van der Waals surface area contributed by atoms with E-state index in [0.29, 0.717) is 5.01 Å². The smallest absolute Gasteiger partial charge is 0.306 e. The van der Waals surface area contributed by atoms with E-state index >= 15 is 0 Å². The third-order valence-corrected chi connectivity index (χ3v) is 5.35. The predicted octanol–water partition coefficient (Wildman–Crippen LogP) is 0.842. The first-order valence-corrected chi connectivity index (χ1v) is 8.24. The van der Waals surface area contributed by atoms with E-state index in [1.54, 1.807) is 13.1 Å². The monoisotopic (exact) mass is 321 g/mol. The summed E-state index contributed by atoms with van der Waals surface area (Å²) in [5.74, 6) is -0.448. The molecule has 0 aliphatic rings. The average molecular weight is 321 g/mol. The average Bonchev–Trinajstić information content (AvgIpc) is 2.81. The van der Waals surface area contributed by atoms with Crippen LogP contribution in [0.2, 0.25) is 0 Å². The first-order chi connectivity index (χ1) is 9.26. The minimum absolute atomic E-state index is 0.0126. The molecule has 0 aliphatic heterocycles. The van der Waals surface area contributed by atoms with E-state index < -0.39 is 22.2 Å². The van der Waals surface area contributed by atoms with Gasteiger partial charge in [0.1, 0.15) is 5.01 Å². The minimum atomic E-state index is -3.66. The Kier molecular flexibility index (Phi) is 6.06. The van der Waals surface area contributed by atoms with E-state index in [-0.39, 0.29) is 13.0 Å². The first-order valence-electron chi connectivity index (χ1n) is 5.99. The molecule has 114 valence electrons. The molecular formula is C11H19N3O4S2. The summed E-state index contributed by atoms with van der Waals surface area (Å²) >= 11 is 1.44. The third-order valence-electron chi connectivity index (χ3n) is 2.60. The lowest BCUT2D eigenvalue weighted by Gasteiger charge is -2.19. The van der Waals surface area contributed by atoms with Crippen molar-refractivity contribution < 1.29 is 17.9 Å². The molecule has 0 saturated carbocycles. The highest BCUT2D eigenvalue weighted by molar-refractivity contribution is 7.87. The molecule has 0 spiro atoms. The zero-order valence-electron chi connectivity index (χ0n) is 11.9. The van der Waals surface area contributed by atoms with Gasteiger partial charge in [-0.15, -0.1) is 11.3 Å². The summed E-state index contributed by atoms with van der Waals surface area (Å²) < 4.78 is 32.2. The molecule has 1 atom stereocenters. The molecule has 0 aliphatic carbocycles.